The van der Waals surface area contributed by atoms with Crippen LogP contribution in [0.1, 0.15) is 21.6 Å². The van der Waals surface area contributed by atoms with Crippen molar-refractivity contribution in [3.05, 3.63) is 65.4 Å². The lowest BCUT2D eigenvalue weighted by Gasteiger charge is -2.13. The Morgan fingerprint density at radius 2 is 1.92 bits per heavy atom. The Bertz CT molecular complexity index is 893. The molecule has 0 bridgehead atoms. The van der Waals surface area contributed by atoms with E-state index in [4.69, 9.17) is 0 Å². The summed E-state index contributed by atoms with van der Waals surface area (Å²) in [6.45, 7) is 2.62. The second kappa shape index (κ2) is 6.40. The number of carbonyl (C=O) groups is 1. The Hall–Kier alpha value is -2.75. The molecule has 3 aromatic rings. The number of hydrogen-bond acceptors (Lipinski definition) is 2. The van der Waals surface area contributed by atoms with Crippen LogP contribution in [0.2, 0.25) is 0 Å². The van der Waals surface area contributed by atoms with Crippen LogP contribution in [0.25, 0.3) is 10.9 Å². The van der Waals surface area contributed by atoms with Crippen molar-refractivity contribution in [2.45, 2.75) is 13.5 Å². The Balaban J connectivity index is 1.73. The molecule has 0 spiro atoms. The van der Waals surface area contributed by atoms with Gasteiger partial charge in [0.1, 0.15) is 0 Å². The number of hydrogen-bond donors (Lipinski definition) is 1. The fraction of sp³-hybridized carbons (Fsp3) is 0.250. The van der Waals surface area contributed by atoms with Gasteiger partial charge in [0, 0.05) is 55.5 Å². The lowest BCUT2D eigenvalue weighted by molar-refractivity contribution is 0.0951. The van der Waals surface area contributed by atoms with Gasteiger partial charge in [-0.1, -0.05) is 12.1 Å². The molecule has 4 nitrogen and oxygen atoms in total. The predicted octanol–water partition coefficient (Wildman–Crippen LogP) is 3.48. The van der Waals surface area contributed by atoms with Crippen molar-refractivity contribution in [2.24, 2.45) is 7.05 Å². The number of benzene rings is 2. The van der Waals surface area contributed by atoms with Crippen molar-refractivity contribution in [3.63, 3.8) is 0 Å². The van der Waals surface area contributed by atoms with Crippen LogP contribution in [0.5, 0.6) is 0 Å². The Morgan fingerprint density at radius 1 is 1.12 bits per heavy atom. The number of fused-ring (bicyclic) bond motifs is 1. The second-order valence-corrected chi connectivity index (χ2v) is 6.37. The Morgan fingerprint density at radius 3 is 2.67 bits per heavy atom. The zero-order valence-electron chi connectivity index (χ0n) is 14.6. The highest BCUT2D eigenvalue weighted by molar-refractivity contribution is 5.95. The molecule has 3 rings (SSSR count). The number of aryl methyl sites for hydroxylation is 2. The van der Waals surface area contributed by atoms with Crippen molar-refractivity contribution >= 4 is 22.5 Å². The summed E-state index contributed by atoms with van der Waals surface area (Å²) in [4.78, 5) is 14.4. The standard InChI is InChI=1S/C20H23N3O/c1-14-10-17-11-15(8-9-19(17)23(14)4)13-21-20(24)16-6-5-7-18(12-16)22(2)3/h5-12H,13H2,1-4H3,(H,21,24). The number of nitrogens with zero attached hydrogens (tertiary/aromatic N) is 2. The van der Waals surface area contributed by atoms with Gasteiger partial charge >= 0.3 is 0 Å². The van der Waals surface area contributed by atoms with E-state index in [0.29, 0.717) is 12.1 Å². The van der Waals surface area contributed by atoms with Gasteiger partial charge in [-0.15, -0.1) is 0 Å². The fourth-order valence-electron chi connectivity index (χ4n) is 2.86. The third-order valence-corrected chi connectivity index (χ3v) is 4.42. The summed E-state index contributed by atoms with van der Waals surface area (Å²) in [7, 11) is 6.00. The molecule has 1 aromatic heterocycles. The summed E-state index contributed by atoms with van der Waals surface area (Å²) in [5.41, 5.74) is 5.24. The van der Waals surface area contributed by atoms with Crippen molar-refractivity contribution in [1.29, 1.82) is 0 Å². The molecule has 0 aliphatic rings. The number of aromatic nitrogens is 1. The average Bonchev–Trinajstić information content (AvgIpc) is 2.86. The van der Waals surface area contributed by atoms with Crippen LogP contribution < -0.4 is 10.2 Å². The van der Waals surface area contributed by atoms with Crippen LogP contribution in [-0.4, -0.2) is 24.6 Å². The van der Waals surface area contributed by atoms with Crippen LogP contribution >= 0.6 is 0 Å². The second-order valence-electron chi connectivity index (χ2n) is 6.37. The zero-order valence-corrected chi connectivity index (χ0v) is 14.6. The molecule has 1 N–H and O–H groups in total. The average molecular weight is 321 g/mol. The van der Waals surface area contributed by atoms with E-state index in [-0.39, 0.29) is 5.91 Å². The number of amides is 1. The van der Waals surface area contributed by atoms with Gasteiger partial charge in [0.15, 0.2) is 0 Å². The monoisotopic (exact) mass is 321 g/mol. The Labute approximate surface area is 142 Å². The molecule has 0 radical (unpaired) electrons. The van der Waals surface area contributed by atoms with Gasteiger partial charge in [0.05, 0.1) is 0 Å². The van der Waals surface area contributed by atoms with E-state index >= 15 is 0 Å². The van der Waals surface area contributed by atoms with Gasteiger partial charge < -0.3 is 14.8 Å². The smallest absolute Gasteiger partial charge is 0.251 e. The van der Waals surface area contributed by atoms with E-state index < -0.39 is 0 Å². The van der Waals surface area contributed by atoms with Crippen LogP contribution in [-0.2, 0) is 13.6 Å². The number of rotatable bonds is 4. The highest BCUT2D eigenvalue weighted by Gasteiger charge is 2.08. The quantitative estimate of drug-likeness (QED) is 0.799. The van der Waals surface area contributed by atoms with Gasteiger partial charge in [-0.2, -0.15) is 0 Å². The molecule has 124 valence electrons. The first-order chi connectivity index (χ1) is 11.5. The molecule has 2 aromatic carbocycles. The van der Waals surface area contributed by atoms with E-state index in [0.717, 1.165) is 11.3 Å². The fourth-order valence-corrected chi connectivity index (χ4v) is 2.86. The SMILES string of the molecule is Cc1cc2cc(CNC(=O)c3cccc(N(C)C)c3)ccc2n1C. The van der Waals surface area contributed by atoms with Crippen LogP contribution in [0.3, 0.4) is 0 Å². The maximum Gasteiger partial charge on any atom is 0.251 e. The first-order valence-electron chi connectivity index (χ1n) is 8.06. The van der Waals surface area contributed by atoms with Crippen molar-refractivity contribution in [1.82, 2.24) is 9.88 Å². The topological polar surface area (TPSA) is 37.3 Å². The van der Waals surface area contributed by atoms with Gasteiger partial charge in [0.2, 0.25) is 0 Å². The minimum absolute atomic E-state index is 0.0527. The van der Waals surface area contributed by atoms with Crippen molar-refractivity contribution < 1.29 is 4.79 Å². The molecule has 0 atom stereocenters. The molecule has 0 saturated carbocycles. The summed E-state index contributed by atoms with van der Waals surface area (Å²) in [5, 5.41) is 4.21. The number of anilines is 1. The maximum absolute atomic E-state index is 12.4. The first-order valence-corrected chi connectivity index (χ1v) is 8.06. The lowest BCUT2D eigenvalue weighted by Crippen LogP contribution is -2.23. The minimum Gasteiger partial charge on any atom is -0.378 e. The van der Waals surface area contributed by atoms with E-state index in [1.807, 2.05) is 43.3 Å². The maximum atomic E-state index is 12.4. The first kappa shape index (κ1) is 16.1. The molecule has 1 heterocycles. The van der Waals surface area contributed by atoms with E-state index in [1.54, 1.807) is 0 Å². The molecule has 24 heavy (non-hydrogen) atoms. The third-order valence-electron chi connectivity index (χ3n) is 4.42. The molecule has 4 heteroatoms. The molecular formula is C20H23N3O. The molecule has 0 unspecified atom stereocenters. The molecule has 0 aliphatic carbocycles. The highest BCUT2D eigenvalue weighted by atomic mass is 16.1. The predicted molar refractivity (Wildman–Crippen MR) is 99.6 cm³/mol. The molecule has 0 aliphatic heterocycles. The summed E-state index contributed by atoms with van der Waals surface area (Å²) in [5.74, 6) is -0.0527. The van der Waals surface area contributed by atoms with Gasteiger partial charge in [-0.05, 0) is 48.9 Å². The van der Waals surface area contributed by atoms with E-state index in [1.165, 1.54) is 16.6 Å². The van der Waals surface area contributed by atoms with Crippen LogP contribution in [0.15, 0.2) is 48.5 Å². The van der Waals surface area contributed by atoms with Crippen molar-refractivity contribution in [3.8, 4) is 0 Å². The molecule has 1 amide bonds. The van der Waals surface area contributed by atoms with Crippen molar-refractivity contribution in [2.75, 3.05) is 19.0 Å². The zero-order chi connectivity index (χ0) is 17.3. The van der Waals surface area contributed by atoms with Crippen LogP contribution in [0.4, 0.5) is 5.69 Å². The summed E-state index contributed by atoms with van der Waals surface area (Å²) in [6.07, 6.45) is 0. The number of carbonyl (C=O) groups excluding carboxylic acids is 1. The largest absolute Gasteiger partial charge is 0.378 e. The normalized spacial score (nSPS) is 10.8. The highest BCUT2D eigenvalue weighted by Crippen LogP contribution is 2.20. The third kappa shape index (κ3) is 3.13. The summed E-state index contributed by atoms with van der Waals surface area (Å²) >= 11 is 0. The van der Waals surface area contributed by atoms with E-state index in [9.17, 15) is 4.79 Å². The molecule has 0 fully saturated rings. The van der Waals surface area contributed by atoms with E-state index in [2.05, 4.69) is 48.1 Å². The molecular weight excluding hydrogens is 298 g/mol. The minimum atomic E-state index is -0.0527. The molecule has 0 saturated heterocycles. The van der Waals surface area contributed by atoms with Gasteiger partial charge in [0.25, 0.3) is 5.91 Å². The van der Waals surface area contributed by atoms with Gasteiger partial charge in [-0.25, -0.2) is 0 Å². The summed E-state index contributed by atoms with van der Waals surface area (Å²) in [6, 6.07) is 16.1. The van der Waals surface area contributed by atoms with Gasteiger partial charge in [-0.3, -0.25) is 4.79 Å². The Kier molecular flexibility index (Phi) is 4.30. The number of nitrogens with one attached hydrogen (secondary N) is 1. The lowest BCUT2D eigenvalue weighted by atomic mass is 10.1. The van der Waals surface area contributed by atoms with Crippen LogP contribution in [0, 0.1) is 6.92 Å². The summed E-state index contributed by atoms with van der Waals surface area (Å²) < 4.78 is 2.17.